The molecule has 0 aliphatic heterocycles. The minimum atomic E-state index is 0.845. The first-order chi connectivity index (χ1) is 8.29. The van der Waals surface area contributed by atoms with Gasteiger partial charge in [0.2, 0.25) is 0 Å². The summed E-state index contributed by atoms with van der Waals surface area (Å²) in [5.41, 5.74) is 10.5. The number of nitrogens with two attached hydrogens (primary N) is 1. The first-order valence-electron chi connectivity index (χ1n) is 5.91. The molecule has 2 aromatic heterocycles. The molecule has 90 valence electrons. The molecule has 3 nitrogen and oxygen atoms in total. The normalized spacial score (nSPS) is 15.8. The van der Waals surface area contributed by atoms with E-state index in [1.165, 1.54) is 30.5 Å². The second-order valence-electron chi connectivity index (χ2n) is 4.35. The zero-order valence-electron chi connectivity index (χ0n) is 9.82. The Morgan fingerprint density at radius 2 is 2.00 bits per heavy atom. The van der Waals surface area contributed by atoms with Gasteiger partial charge in [-0.15, -0.1) is 11.3 Å². The molecular weight excluding hydrogens is 250 g/mol. The number of aryl methyl sites for hydroxylation is 1. The van der Waals surface area contributed by atoms with Gasteiger partial charge in [-0.2, -0.15) is 0 Å². The summed E-state index contributed by atoms with van der Waals surface area (Å²) in [7, 11) is 0. The van der Waals surface area contributed by atoms with Crippen molar-refractivity contribution in [3.63, 3.8) is 0 Å². The maximum Gasteiger partial charge on any atom is 0.173 e. The van der Waals surface area contributed by atoms with Crippen molar-refractivity contribution in [2.24, 2.45) is 0 Å². The van der Waals surface area contributed by atoms with Crippen molar-refractivity contribution in [2.75, 3.05) is 12.0 Å². The number of nitrogen functional groups attached to an aromatic ring is 1. The van der Waals surface area contributed by atoms with Crippen molar-refractivity contribution in [2.45, 2.75) is 36.4 Å². The molecule has 0 saturated heterocycles. The fourth-order valence-corrected chi connectivity index (χ4v) is 3.86. The summed E-state index contributed by atoms with van der Waals surface area (Å²) in [4.78, 5) is 9.23. The van der Waals surface area contributed by atoms with Gasteiger partial charge in [-0.3, -0.25) is 0 Å². The quantitative estimate of drug-likeness (QED) is 0.635. The number of rotatable bonds is 1. The lowest BCUT2D eigenvalue weighted by Gasteiger charge is -2.08. The molecule has 0 spiro atoms. The highest BCUT2D eigenvalue weighted by Gasteiger charge is 2.17. The number of anilines is 1. The zero-order chi connectivity index (χ0) is 11.8. The second kappa shape index (κ2) is 4.46. The van der Waals surface area contributed by atoms with Crippen molar-refractivity contribution < 1.29 is 0 Å². The molecule has 1 aliphatic rings. The van der Waals surface area contributed by atoms with Crippen LogP contribution in [-0.4, -0.2) is 16.2 Å². The molecule has 3 rings (SSSR count). The van der Waals surface area contributed by atoms with Crippen LogP contribution in [0.1, 0.15) is 30.5 Å². The van der Waals surface area contributed by atoms with Crippen LogP contribution in [0.15, 0.2) is 4.34 Å². The molecule has 0 saturated carbocycles. The van der Waals surface area contributed by atoms with Gasteiger partial charge in [-0.25, -0.2) is 9.97 Å². The first kappa shape index (κ1) is 11.3. The monoisotopic (exact) mass is 265 g/mol. The fraction of sp³-hybridized carbons (Fsp3) is 0.500. The Labute approximate surface area is 109 Å². The topological polar surface area (TPSA) is 51.8 Å². The van der Waals surface area contributed by atoms with Crippen LogP contribution in [0, 0.1) is 0 Å². The minimum absolute atomic E-state index is 0.845. The molecule has 2 N–H and O–H groups in total. The van der Waals surface area contributed by atoms with Crippen molar-refractivity contribution >= 4 is 39.1 Å². The molecule has 0 amide bonds. The summed E-state index contributed by atoms with van der Waals surface area (Å²) in [6.45, 7) is 0. The Morgan fingerprint density at radius 1 is 1.18 bits per heavy atom. The number of hydrogen-bond acceptors (Lipinski definition) is 5. The van der Waals surface area contributed by atoms with E-state index in [2.05, 4.69) is 4.98 Å². The molecular formula is C12H15N3S2. The zero-order valence-corrected chi connectivity index (χ0v) is 11.5. The van der Waals surface area contributed by atoms with E-state index in [4.69, 9.17) is 10.7 Å². The van der Waals surface area contributed by atoms with Crippen LogP contribution in [0.2, 0.25) is 0 Å². The maximum atomic E-state index is 6.30. The van der Waals surface area contributed by atoms with Gasteiger partial charge < -0.3 is 5.73 Å². The molecule has 0 unspecified atom stereocenters. The number of aromatic nitrogens is 2. The molecule has 0 atom stereocenters. The number of pyridine rings is 1. The Balaban J connectivity index is 2.23. The van der Waals surface area contributed by atoms with E-state index in [1.54, 1.807) is 23.1 Å². The predicted molar refractivity (Wildman–Crippen MR) is 74.9 cm³/mol. The molecule has 17 heavy (non-hydrogen) atoms. The number of thioether (sulfide) groups is 1. The highest BCUT2D eigenvalue weighted by Crippen LogP contribution is 2.36. The van der Waals surface area contributed by atoms with Gasteiger partial charge in [0.15, 0.2) is 9.99 Å². The van der Waals surface area contributed by atoms with E-state index in [0.717, 1.165) is 33.2 Å². The van der Waals surface area contributed by atoms with Gasteiger partial charge >= 0.3 is 0 Å². The molecule has 2 heterocycles. The molecule has 1 aliphatic carbocycles. The molecule has 5 heteroatoms. The predicted octanol–water partition coefficient (Wildman–Crippen LogP) is 3.26. The number of hydrogen-bond donors (Lipinski definition) is 1. The number of thiazole rings is 1. The highest BCUT2D eigenvalue weighted by atomic mass is 32.2. The molecule has 0 aromatic carbocycles. The van der Waals surface area contributed by atoms with Crippen LogP contribution in [0.5, 0.6) is 0 Å². The summed E-state index contributed by atoms with van der Waals surface area (Å²) in [5.74, 6) is 0. The van der Waals surface area contributed by atoms with Gasteiger partial charge in [0.25, 0.3) is 0 Å². The van der Waals surface area contributed by atoms with E-state index in [-0.39, 0.29) is 0 Å². The third-order valence-electron chi connectivity index (χ3n) is 3.26. The Bertz CT molecular complexity index is 562. The van der Waals surface area contributed by atoms with Crippen LogP contribution in [0.4, 0.5) is 5.69 Å². The SMILES string of the molecule is CSc1nc2nc3c(c(N)c2s1)CCCCC3. The van der Waals surface area contributed by atoms with E-state index in [1.807, 2.05) is 6.26 Å². The van der Waals surface area contributed by atoms with Crippen LogP contribution in [0.3, 0.4) is 0 Å². The van der Waals surface area contributed by atoms with E-state index in [9.17, 15) is 0 Å². The van der Waals surface area contributed by atoms with Crippen molar-refractivity contribution in [3.8, 4) is 0 Å². The molecule has 0 radical (unpaired) electrons. The van der Waals surface area contributed by atoms with E-state index >= 15 is 0 Å². The van der Waals surface area contributed by atoms with Crippen LogP contribution in [-0.2, 0) is 12.8 Å². The summed E-state index contributed by atoms with van der Waals surface area (Å²) in [6, 6.07) is 0. The van der Waals surface area contributed by atoms with Crippen LogP contribution >= 0.6 is 23.1 Å². The molecule has 0 bridgehead atoms. The third kappa shape index (κ3) is 1.91. The standard InChI is InChI=1S/C12H15N3S2/c1-16-12-15-11-10(17-12)9(13)7-5-3-2-4-6-8(7)14-11/h2-6H2,1H3,(H2,13,14). The summed E-state index contributed by atoms with van der Waals surface area (Å²) < 4.78 is 2.13. The van der Waals surface area contributed by atoms with Crippen molar-refractivity contribution in [1.82, 2.24) is 9.97 Å². The maximum absolute atomic E-state index is 6.30. The van der Waals surface area contributed by atoms with Gasteiger partial charge in [0, 0.05) is 5.69 Å². The Morgan fingerprint density at radius 3 is 2.82 bits per heavy atom. The van der Waals surface area contributed by atoms with Crippen molar-refractivity contribution in [3.05, 3.63) is 11.3 Å². The lowest BCUT2D eigenvalue weighted by atomic mass is 10.1. The molecule has 0 fully saturated rings. The number of nitrogens with zero attached hydrogens (tertiary/aromatic N) is 2. The summed E-state index contributed by atoms with van der Waals surface area (Å²) in [5, 5.41) is 0. The van der Waals surface area contributed by atoms with Crippen LogP contribution < -0.4 is 5.73 Å². The summed E-state index contributed by atoms with van der Waals surface area (Å²) in [6.07, 6.45) is 7.92. The Hall–Kier alpha value is -0.810. The van der Waals surface area contributed by atoms with Crippen LogP contribution in [0.25, 0.3) is 10.3 Å². The fourth-order valence-electron chi connectivity index (χ4n) is 2.38. The lowest BCUT2D eigenvalue weighted by molar-refractivity contribution is 0.709. The Kier molecular flexibility index (Phi) is 2.96. The van der Waals surface area contributed by atoms with Gasteiger partial charge in [-0.1, -0.05) is 18.2 Å². The first-order valence-corrected chi connectivity index (χ1v) is 7.95. The second-order valence-corrected chi connectivity index (χ2v) is 6.40. The van der Waals surface area contributed by atoms with Crippen molar-refractivity contribution in [1.29, 1.82) is 0 Å². The average Bonchev–Trinajstić information content (AvgIpc) is 2.60. The number of fused-ring (bicyclic) bond motifs is 2. The highest BCUT2D eigenvalue weighted by molar-refractivity contribution is 8.00. The van der Waals surface area contributed by atoms with Gasteiger partial charge in [0.1, 0.15) is 0 Å². The average molecular weight is 265 g/mol. The van der Waals surface area contributed by atoms with E-state index in [0.29, 0.717) is 0 Å². The smallest absolute Gasteiger partial charge is 0.173 e. The minimum Gasteiger partial charge on any atom is -0.397 e. The molecule has 2 aromatic rings. The van der Waals surface area contributed by atoms with Gasteiger partial charge in [0.05, 0.1) is 10.4 Å². The van der Waals surface area contributed by atoms with E-state index < -0.39 is 0 Å². The largest absolute Gasteiger partial charge is 0.397 e. The lowest BCUT2D eigenvalue weighted by Crippen LogP contribution is -2.01. The van der Waals surface area contributed by atoms with Gasteiger partial charge in [-0.05, 0) is 37.5 Å². The summed E-state index contributed by atoms with van der Waals surface area (Å²) >= 11 is 3.33. The third-order valence-corrected chi connectivity index (χ3v) is 5.33.